The van der Waals surface area contributed by atoms with Gasteiger partial charge in [-0.1, -0.05) is 5.21 Å². The summed E-state index contributed by atoms with van der Waals surface area (Å²) in [6.07, 6.45) is 5.72. The number of rotatable bonds is 4. The number of hydrogen-bond acceptors (Lipinski definition) is 8. The average Bonchev–Trinajstić information content (AvgIpc) is 3.26. The lowest BCUT2D eigenvalue weighted by molar-refractivity contribution is 0.0408. The second kappa shape index (κ2) is 6.56. The van der Waals surface area contributed by atoms with Crippen molar-refractivity contribution in [1.82, 2.24) is 25.0 Å². The summed E-state index contributed by atoms with van der Waals surface area (Å²) < 4.78 is 1.68. The van der Waals surface area contributed by atoms with Crippen LogP contribution >= 0.6 is 11.8 Å². The van der Waals surface area contributed by atoms with Crippen molar-refractivity contribution >= 4 is 23.4 Å². The fraction of sp³-hybridized carbons (Fsp3) is 0.600. The smallest absolute Gasteiger partial charge is 0.134 e. The summed E-state index contributed by atoms with van der Waals surface area (Å²) in [7, 11) is 0. The highest BCUT2D eigenvalue weighted by Gasteiger charge is 2.37. The van der Waals surface area contributed by atoms with Crippen LogP contribution in [-0.2, 0) is 6.54 Å². The van der Waals surface area contributed by atoms with Crippen molar-refractivity contribution in [2.24, 2.45) is 0 Å². The van der Waals surface area contributed by atoms with Crippen molar-refractivity contribution in [3.05, 3.63) is 24.8 Å². The van der Waals surface area contributed by atoms with E-state index in [2.05, 4.69) is 30.1 Å². The van der Waals surface area contributed by atoms with Crippen LogP contribution in [0.1, 0.15) is 6.42 Å². The molecule has 128 valence electrons. The first-order valence-electron chi connectivity index (χ1n) is 8.18. The molecular weight excluding hydrogens is 326 g/mol. The predicted octanol–water partition coefficient (Wildman–Crippen LogP) is 0.263. The minimum Gasteiger partial charge on any atom is -0.386 e. The Bertz CT molecular complexity index is 676. The molecule has 2 aliphatic rings. The largest absolute Gasteiger partial charge is 0.386 e. The van der Waals surface area contributed by atoms with Gasteiger partial charge in [0, 0.05) is 49.9 Å². The summed E-state index contributed by atoms with van der Waals surface area (Å²) in [5, 5.41) is 18.6. The summed E-state index contributed by atoms with van der Waals surface area (Å²) in [6.45, 7) is 3.82. The van der Waals surface area contributed by atoms with Crippen LogP contribution in [0.15, 0.2) is 24.8 Å². The molecule has 0 amide bonds. The van der Waals surface area contributed by atoms with Crippen LogP contribution < -0.4 is 9.80 Å². The maximum Gasteiger partial charge on any atom is 0.134 e. The Hall–Kier alpha value is -1.87. The summed E-state index contributed by atoms with van der Waals surface area (Å²) in [6, 6.07) is 2.04. The third kappa shape index (κ3) is 3.32. The van der Waals surface area contributed by atoms with E-state index < -0.39 is 5.60 Å². The maximum absolute atomic E-state index is 10.8. The van der Waals surface area contributed by atoms with Gasteiger partial charge in [-0.25, -0.2) is 14.6 Å². The second-order valence-corrected chi connectivity index (χ2v) is 7.56. The van der Waals surface area contributed by atoms with E-state index >= 15 is 0 Å². The van der Waals surface area contributed by atoms with Gasteiger partial charge in [0.1, 0.15) is 23.6 Å². The molecule has 2 aromatic rings. The lowest BCUT2D eigenvalue weighted by atomic mass is 10.0. The zero-order chi connectivity index (χ0) is 16.4. The van der Waals surface area contributed by atoms with E-state index in [1.165, 1.54) is 0 Å². The van der Waals surface area contributed by atoms with Crippen LogP contribution in [0.3, 0.4) is 0 Å². The standard InChI is InChI=1S/C15H21N7OS/c23-15(11-22-4-2-18-19-22)1-3-21(10-15)14-9-13(16-12-17-14)20-5-7-24-8-6-20/h2,4,9,12,23H,1,3,5-8,10-11H2. The lowest BCUT2D eigenvalue weighted by Gasteiger charge is -2.28. The molecule has 8 nitrogen and oxygen atoms in total. The molecule has 1 unspecified atom stereocenters. The molecule has 2 aliphatic heterocycles. The van der Waals surface area contributed by atoms with Crippen molar-refractivity contribution in [2.45, 2.75) is 18.6 Å². The van der Waals surface area contributed by atoms with Gasteiger partial charge in [0.05, 0.1) is 12.7 Å². The Morgan fingerprint density at radius 3 is 2.67 bits per heavy atom. The van der Waals surface area contributed by atoms with Gasteiger partial charge in [0.25, 0.3) is 0 Å². The van der Waals surface area contributed by atoms with Gasteiger partial charge >= 0.3 is 0 Å². The fourth-order valence-corrected chi connectivity index (χ4v) is 4.18. The normalized spacial score (nSPS) is 24.5. The minimum atomic E-state index is -0.805. The van der Waals surface area contributed by atoms with Crippen molar-refractivity contribution in [3.63, 3.8) is 0 Å². The van der Waals surface area contributed by atoms with Crippen LogP contribution in [0.4, 0.5) is 11.6 Å². The number of thioether (sulfide) groups is 1. The molecule has 0 radical (unpaired) electrons. The van der Waals surface area contributed by atoms with Crippen molar-refractivity contribution in [3.8, 4) is 0 Å². The van der Waals surface area contributed by atoms with Crippen LogP contribution in [-0.4, -0.2) is 73.4 Å². The first-order chi connectivity index (χ1) is 11.7. The van der Waals surface area contributed by atoms with Gasteiger partial charge < -0.3 is 14.9 Å². The summed E-state index contributed by atoms with van der Waals surface area (Å²) in [4.78, 5) is 13.3. The molecule has 9 heteroatoms. The van der Waals surface area contributed by atoms with Gasteiger partial charge in [-0.05, 0) is 6.42 Å². The van der Waals surface area contributed by atoms with Crippen LogP contribution in [0.25, 0.3) is 0 Å². The molecule has 0 bridgehead atoms. The fourth-order valence-electron chi connectivity index (χ4n) is 3.28. The SMILES string of the molecule is OC1(Cn2ccnn2)CCN(c2cc(N3CCSCC3)ncn2)C1. The van der Waals surface area contributed by atoms with Gasteiger partial charge in [-0.3, -0.25) is 0 Å². The number of anilines is 2. The lowest BCUT2D eigenvalue weighted by Crippen LogP contribution is -2.38. The molecule has 1 N–H and O–H groups in total. The van der Waals surface area contributed by atoms with E-state index in [0.29, 0.717) is 19.5 Å². The van der Waals surface area contributed by atoms with E-state index in [4.69, 9.17) is 0 Å². The molecule has 2 saturated heterocycles. The Labute approximate surface area is 144 Å². The third-order valence-electron chi connectivity index (χ3n) is 4.56. The Morgan fingerprint density at radius 2 is 1.92 bits per heavy atom. The minimum absolute atomic E-state index is 0.449. The summed E-state index contributed by atoms with van der Waals surface area (Å²) in [5.41, 5.74) is -0.805. The molecule has 4 rings (SSSR count). The number of aliphatic hydroxyl groups is 1. The molecule has 4 heterocycles. The van der Waals surface area contributed by atoms with Gasteiger partial charge in [-0.2, -0.15) is 11.8 Å². The monoisotopic (exact) mass is 347 g/mol. The average molecular weight is 347 g/mol. The third-order valence-corrected chi connectivity index (χ3v) is 5.50. The van der Waals surface area contributed by atoms with E-state index in [-0.39, 0.29) is 0 Å². The Morgan fingerprint density at radius 1 is 1.12 bits per heavy atom. The van der Waals surface area contributed by atoms with Crippen LogP contribution in [0, 0.1) is 0 Å². The number of aromatic nitrogens is 5. The van der Waals surface area contributed by atoms with Gasteiger partial charge in [0.15, 0.2) is 0 Å². The van der Waals surface area contributed by atoms with Crippen molar-refractivity contribution in [2.75, 3.05) is 47.5 Å². The van der Waals surface area contributed by atoms with Crippen LogP contribution in [0.5, 0.6) is 0 Å². The van der Waals surface area contributed by atoms with Crippen molar-refractivity contribution < 1.29 is 5.11 Å². The zero-order valence-corrected chi connectivity index (χ0v) is 14.3. The molecule has 0 spiro atoms. The van der Waals surface area contributed by atoms with E-state index in [0.717, 1.165) is 42.8 Å². The predicted molar refractivity (Wildman–Crippen MR) is 93.4 cm³/mol. The zero-order valence-electron chi connectivity index (χ0n) is 13.5. The molecule has 24 heavy (non-hydrogen) atoms. The topological polar surface area (TPSA) is 83.2 Å². The van der Waals surface area contributed by atoms with E-state index in [9.17, 15) is 5.11 Å². The Balaban J connectivity index is 1.46. The molecule has 2 aromatic heterocycles. The first-order valence-corrected chi connectivity index (χ1v) is 9.34. The number of β-amino-alcohol motifs (C(OH)–C–C–N with tert-alkyl or cyclic N) is 1. The molecular formula is C15H21N7OS. The van der Waals surface area contributed by atoms with Crippen LogP contribution in [0.2, 0.25) is 0 Å². The number of hydrogen-bond donors (Lipinski definition) is 1. The quantitative estimate of drug-likeness (QED) is 0.843. The highest BCUT2D eigenvalue weighted by Crippen LogP contribution is 2.28. The molecule has 0 aromatic carbocycles. The molecule has 0 saturated carbocycles. The highest BCUT2D eigenvalue weighted by molar-refractivity contribution is 7.99. The highest BCUT2D eigenvalue weighted by atomic mass is 32.2. The molecule has 2 fully saturated rings. The van der Waals surface area contributed by atoms with Gasteiger partial charge in [0.2, 0.25) is 0 Å². The summed E-state index contributed by atoms with van der Waals surface area (Å²) >= 11 is 1.98. The van der Waals surface area contributed by atoms with Gasteiger partial charge in [-0.15, -0.1) is 5.10 Å². The maximum atomic E-state index is 10.8. The Kier molecular flexibility index (Phi) is 4.28. The molecule has 1 atom stereocenters. The van der Waals surface area contributed by atoms with Crippen molar-refractivity contribution in [1.29, 1.82) is 0 Å². The second-order valence-electron chi connectivity index (χ2n) is 6.33. The first kappa shape index (κ1) is 15.6. The number of nitrogens with zero attached hydrogens (tertiary/aromatic N) is 7. The van der Waals surface area contributed by atoms with E-state index in [1.807, 2.05) is 17.8 Å². The van der Waals surface area contributed by atoms with E-state index in [1.54, 1.807) is 23.4 Å². The molecule has 0 aliphatic carbocycles. The summed E-state index contributed by atoms with van der Waals surface area (Å²) in [5.74, 6) is 4.14.